The Balaban J connectivity index is 2.30. The summed E-state index contributed by atoms with van der Waals surface area (Å²) in [4.78, 5) is 14.1. The van der Waals surface area contributed by atoms with E-state index in [0.29, 0.717) is 18.9 Å². The molecule has 0 radical (unpaired) electrons. The molecule has 118 valence electrons. The van der Waals surface area contributed by atoms with Crippen LogP contribution in [0.3, 0.4) is 0 Å². The van der Waals surface area contributed by atoms with Gasteiger partial charge in [-0.15, -0.1) is 0 Å². The second kappa shape index (κ2) is 7.41. The maximum atomic E-state index is 12.2. The van der Waals surface area contributed by atoms with E-state index < -0.39 is 0 Å². The Morgan fingerprint density at radius 1 is 1.40 bits per heavy atom. The highest BCUT2D eigenvalue weighted by Crippen LogP contribution is 2.27. The van der Waals surface area contributed by atoms with E-state index in [4.69, 9.17) is 10.5 Å². The lowest BCUT2D eigenvalue weighted by atomic mass is 9.79. The van der Waals surface area contributed by atoms with Crippen LogP contribution in [0.4, 0.5) is 0 Å². The first-order valence-corrected chi connectivity index (χ1v) is 7.87. The number of hydrogen-bond donors (Lipinski definition) is 1. The monoisotopic (exact) mass is 284 g/mol. The fourth-order valence-electron chi connectivity index (χ4n) is 2.82. The molecule has 1 rings (SSSR count). The molecule has 0 aromatic rings. The van der Waals surface area contributed by atoms with Crippen molar-refractivity contribution in [3.63, 3.8) is 0 Å². The number of hydrogen-bond acceptors (Lipinski definition) is 3. The van der Waals surface area contributed by atoms with Crippen LogP contribution in [-0.2, 0) is 9.53 Å². The van der Waals surface area contributed by atoms with Gasteiger partial charge in [-0.1, -0.05) is 27.7 Å². The summed E-state index contributed by atoms with van der Waals surface area (Å²) in [6, 6.07) is 0.189. The molecule has 2 unspecified atom stereocenters. The van der Waals surface area contributed by atoms with Crippen molar-refractivity contribution in [3.8, 4) is 0 Å². The predicted molar refractivity (Wildman–Crippen MR) is 82.4 cm³/mol. The number of carbonyl (C=O) groups excluding carboxylic acids is 1. The smallest absolute Gasteiger partial charge is 0.224 e. The molecule has 2 N–H and O–H groups in total. The SMILES string of the molecule is CC(C)CC(C)OCCC(=O)N1CCC(N)C(C)(C)C1. The Labute approximate surface area is 124 Å². The molecule has 1 aliphatic heterocycles. The number of ether oxygens (including phenoxy) is 1. The molecular weight excluding hydrogens is 252 g/mol. The molecule has 1 amide bonds. The van der Waals surface area contributed by atoms with Gasteiger partial charge >= 0.3 is 0 Å². The van der Waals surface area contributed by atoms with Crippen molar-refractivity contribution >= 4 is 5.91 Å². The zero-order valence-corrected chi connectivity index (χ0v) is 13.8. The number of rotatable bonds is 6. The van der Waals surface area contributed by atoms with E-state index >= 15 is 0 Å². The van der Waals surface area contributed by atoms with Crippen LogP contribution in [-0.4, -0.2) is 42.6 Å². The number of likely N-dealkylation sites (tertiary alicyclic amines) is 1. The first-order chi connectivity index (χ1) is 9.22. The van der Waals surface area contributed by atoms with Crippen LogP contribution in [0, 0.1) is 11.3 Å². The minimum atomic E-state index is 0.0136. The standard InChI is InChI=1S/C16H32N2O2/c1-12(2)10-13(3)20-9-7-15(19)18-8-6-14(17)16(4,5)11-18/h12-14H,6-11,17H2,1-5H3. The van der Waals surface area contributed by atoms with Crippen molar-refractivity contribution in [1.29, 1.82) is 0 Å². The first kappa shape index (κ1) is 17.4. The Kier molecular flexibility index (Phi) is 6.46. The minimum Gasteiger partial charge on any atom is -0.378 e. The lowest BCUT2D eigenvalue weighted by molar-refractivity contribution is -0.136. The van der Waals surface area contributed by atoms with Gasteiger partial charge < -0.3 is 15.4 Å². The quantitative estimate of drug-likeness (QED) is 0.815. The largest absolute Gasteiger partial charge is 0.378 e. The maximum absolute atomic E-state index is 12.2. The summed E-state index contributed by atoms with van der Waals surface area (Å²) >= 11 is 0. The van der Waals surface area contributed by atoms with Crippen LogP contribution < -0.4 is 5.73 Å². The summed E-state index contributed by atoms with van der Waals surface area (Å²) in [5, 5.41) is 0. The van der Waals surface area contributed by atoms with Crippen LogP contribution in [0.25, 0.3) is 0 Å². The van der Waals surface area contributed by atoms with E-state index in [0.717, 1.165) is 25.9 Å². The second-order valence-electron chi connectivity index (χ2n) is 7.26. The first-order valence-electron chi connectivity index (χ1n) is 7.87. The van der Waals surface area contributed by atoms with Gasteiger partial charge in [0.1, 0.15) is 0 Å². The summed E-state index contributed by atoms with van der Waals surface area (Å²) in [5.41, 5.74) is 6.11. The third kappa shape index (κ3) is 5.41. The average molecular weight is 284 g/mol. The van der Waals surface area contributed by atoms with Gasteiger partial charge in [0.25, 0.3) is 0 Å². The molecule has 0 saturated carbocycles. The Hall–Kier alpha value is -0.610. The number of carbonyl (C=O) groups is 1. The Bertz CT molecular complexity index is 316. The number of piperidine rings is 1. The van der Waals surface area contributed by atoms with Crippen molar-refractivity contribution in [2.75, 3.05) is 19.7 Å². The molecule has 0 aromatic carbocycles. The van der Waals surface area contributed by atoms with Crippen molar-refractivity contribution in [1.82, 2.24) is 4.90 Å². The van der Waals surface area contributed by atoms with Crippen LogP contribution in [0.15, 0.2) is 0 Å². The highest BCUT2D eigenvalue weighted by molar-refractivity contribution is 5.76. The van der Waals surface area contributed by atoms with E-state index in [2.05, 4.69) is 34.6 Å². The van der Waals surface area contributed by atoms with Gasteiger partial charge in [0.15, 0.2) is 0 Å². The molecule has 4 heteroatoms. The van der Waals surface area contributed by atoms with Gasteiger partial charge in [0, 0.05) is 19.1 Å². The Morgan fingerprint density at radius 2 is 2.05 bits per heavy atom. The Morgan fingerprint density at radius 3 is 2.60 bits per heavy atom. The van der Waals surface area contributed by atoms with Crippen molar-refractivity contribution in [2.45, 2.75) is 66.0 Å². The molecule has 0 spiro atoms. The third-order valence-electron chi connectivity index (χ3n) is 4.19. The van der Waals surface area contributed by atoms with Crippen molar-refractivity contribution in [2.24, 2.45) is 17.1 Å². The topological polar surface area (TPSA) is 55.6 Å². The van der Waals surface area contributed by atoms with Gasteiger partial charge in [-0.25, -0.2) is 0 Å². The van der Waals surface area contributed by atoms with Crippen LogP contribution in [0.5, 0.6) is 0 Å². The van der Waals surface area contributed by atoms with Crippen molar-refractivity contribution in [3.05, 3.63) is 0 Å². The zero-order valence-electron chi connectivity index (χ0n) is 13.8. The van der Waals surface area contributed by atoms with Gasteiger partial charge in [-0.3, -0.25) is 4.79 Å². The van der Waals surface area contributed by atoms with E-state index in [1.165, 1.54) is 0 Å². The summed E-state index contributed by atoms with van der Waals surface area (Å²) in [6.45, 7) is 12.8. The fraction of sp³-hybridized carbons (Fsp3) is 0.938. The van der Waals surface area contributed by atoms with E-state index in [-0.39, 0.29) is 23.5 Å². The summed E-state index contributed by atoms with van der Waals surface area (Å²) in [6.07, 6.45) is 2.64. The van der Waals surface area contributed by atoms with Crippen LogP contribution in [0.1, 0.15) is 53.9 Å². The van der Waals surface area contributed by atoms with Gasteiger partial charge in [-0.05, 0) is 31.1 Å². The maximum Gasteiger partial charge on any atom is 0.224 e. The average Bonchev–Trinajstić information content (AvgIpc) is 2.31. The molecule has 20 heavy (non-hydrogen) atoms. The minimum absolute atomic E-state index is 0.0136. The van der Waals surface area contributed by atoms with E-state index in [9.17, 15) is 4.79 Å². The second-order valence-corrected chi connectivity index (χ2v) is 7.26. The van der Waals surface area contributed by atoms with E-state index in [1.807, 2.05) is 4.90 Å². The summed E-state index contributed by atoms with van der Waals surface area (Å²) in [5.74, 6) is 0.826. The lowest BCUT2D eigenvalue weighted by Crippen LogP contribution is -2.54. The zero-order chi connectivity index (χ0) is 15.3. The molecule has 1 saturated heterocycles. The van der Waals surface area contributed by atoms with Crippen LogP contribution >= 0.6 is 0 Å². The molecule has 2 atom stereocenters. The van der Waals surface area contributed by atoms with Gasteiger partial charge in [0.05, 0.1) is 19.1 Å². The molecule has 1 aliphatic rings. The predicted octanol–water partition coefficient (Wildman–Crippen LogP) is 2.41. The highest BCUT2D eigenvalue weighted by Gasteiger charge is 2.35. The molecular formula is C16H32N2O2. The normalized spacial score (nSPS) is 23.9. The summed E-state index contributed by atoms with van der Waals surface area (Å²) in [7, 11) is 0. The molecule has 1 fully saturated rings. The molecule has 4 nitrogen and oxygen atoms in total. The number of nitrogens with two attached hydrogens (primary N) is 1. The van der Waals surface area contributed by atoms with E-state index in [1.54, 1.807) is 0 Å². The third-order valence-corrected chi connectivity index (χ3v) is 4.19. The number of amides is 1. The molecule has 0 aliphatic carbocycles. The summed E-state index contributed by atoms with van der Waals surface area (Å²) < 4.78 is 5.72. The van der Waals surface area contributed by atoms with Gasteiger partial charge in [-0.2, -0.15) is 0 Å². The molecule has 0 aromatic heterocycles. The molecule has 0 bridgehead atoms. The van der Waals surface area contributed by atoms with Crippen LogP contribution in [0.2, 0.25) is 0 Å². The highest BCUT2D eigenvalue weighted by atomic mass is 16.5. The number of nitrogens with zero attached hydrogens (tertiary/aromatic N) is 1. The van der Waals surface area contributed by atoms with Gasteiger partial charge in [0.2, 0.25) is 5.91 Å². The fourth-order valence-corrected chi connectivity index (χ4v) is 2.82. The molecule has 1 heterocycles. The lowest BCUT2D eigenvalue weighted by Gasteiger charge is -2.42. The van der Waals surface area contributed by atoms with Crippen molar-refractivity contribution < 1.29 is 9.53 Å².